The van der Waals surface area contributed by atoms with Crippen molar-refractivity contribution >= 4 is 17.6 Å². The first-order valence-corrected chi connectivity index (χ1v) is 9.31. The van der Waals surface area contributed by atoms with Gasteiger partial charge in [-0.15, -0.1) is 0 Å². The highest BCUT2D eigenvalue weighted by Crippen LogP contribution is 2.27. The summed E-state index contributed by atoms with van der Waals surface area (Å²) in [7, 11) is 0. The van der Waals surface area contributed by atoms with Crippen LogP contribution in [0.15, 0.2) is 42.5 Å². The fraction of sp³-hybridized carbons (Fsp3) is 0.333. The molecule has 2 aromatic rings. The van der Waals surface area contributed by atoms with Crippen LogP contribution < -0.4 is 16.0 Å². The number of carbonyl (C=O) groups is 2. The number of carbonyl (C=O) groups excluding carboxylic acids is 2. The fourth-order valence-electron chi connectivity index (χ4n) is 3.03. The highest BCUT2D eigenvalue weighted by molar-refractivity contribution is 5.93. The molecule has 148 valence electrons. The van der Waals surface area contributed by atoms with Crippen molar-refractivity contribution in [2.45, 2.75) is 38.8 Å². The molecule has 3 N–H and O–H groups in total. The fourth-order valence-corrected chi connectivity index (χ4v) is 3.03. The summed E-state index contributed by atoms with van der Waals surface area (Å²) in [6, 6.07) is 9.41. The molecule has 0 aliphatic heterocycles. The second-order valence-electron chi connectivity index (χ2n) is 7.03. The summed E-state index contributed by atoms with van der Waals surface area (Å²) >= 11 is 0. The molecule has 3 amide bonds. The third-order valence-electron chi connectivity index (χ3n) is 4.90. The third kappa shape index (κ3) is 5.06. The first-order valence-electron chi connectivity index (χ1n) is 9.31. The van der Waals surface area contributed by atoms with Crippen LogP contribution in [0.2, 0.25) is 0 Å². The first kappa shape index (κ1) is 19.8. The number of urea groups is 1. The summed E-state index contributed by atoms with van der Waals surface area (Å²) in [5.74, 6) is -1.24. The SMILES string of the molecule is CC(NC(=O)NCc1cccc(NC(=O)C2CCC2)c1)c1ccc(F)cc1F. The van der Waals surface area contributed by atoms with Gasteiger partial charge in [0.2, 0.25) is 5.91 Å². The summed E-state index contributed by atoms with van der Waals surface area (Å²) < 4.78 is 26.8. The predicted molar refractivity (Wildman–Crippen MR) is 103 cm³/mol. The van der Waals surface area contributed by atoms with Gasteiger partial charge in [-0.25, -0.2) is 13.6 Å². The summed E-state index contributed by atoms with van der Waals surface area (Å²) in [6.07, 6.45) is 2.96. The highest BCUT2D eigenvalue weighted by atomic mass is 19.1. The second-order valence-corrected chi connectivity index (χ2v) is 7.03. The number of halogens is 2. The molecule has 28 heavy (non-hydrogen) atoms. The van der Waals surface area contributed by atoms with E-state index >= 15 is 0 Å². The molecule has 0 spiro atoms. The first-order chi connectivity index (χ1) is 13.4. The minimum atomic E-state index is -0.706. The molecule has 1 saturated carbocycles. The Morgan fingerprint density at radius 2 is 1.93 bits per heavy atom. The Kier molecular flexibility index (Phi) is 6.23. The van der Waals surface area contributed by atoms with Gasteiger partial charge in [-0.05, 0) is 43.5 Å². The van der Waals surface area contributed by atoms with Crippen LogP contribution in [-0.4, -0.2) is 11.9 Å². The Hall–Kier alpha value is -2.96. The van der Waals surface area contributed by atoms with Gasteiger partial charge < -0.3 is 16.0 Å². The Labute approximate surface area is 162 Å². The van der Waals surface area contributed by atoms with Crippen molar-refractivity contribution in [3.8, 4) is 0 Å². The molecule has 0 aromatic heterocycles. The zero-order valence-electron chi connectivity index (χ0n) is 15.6. The van der Waals surface area contributed by atoms with Crippen molar-refractivity contribution in [2.24, 2.45) is 5.92 Å². The Balaban J connectivity index is 1.51. The number of hydrogen-bond donors (Lipinski definition) is 3. The van der Waals surface area contributed by atoms with E-state index < -0.39 is 23.7 Å². The maximum absolute atomic E-state index is 13.8. The van der Waals surface area contributed by atoms with Gasteiger partial charge in [-0.1, -0.05) is 24.6 Å². The van der Waals surface area contributed by atoms with Crippen LogP contribution in [0.4, 0.5) is 19.3 Å². The van der Waals surface area contributed by atoms with Crippen LogP contribution >= 0.6 is 0 Å². The number of hydrogen-bond acceptors (Lipinski definition) is 2. The largest absolute Gasteiger partial charge is 0.334 e. The molecule has 0 saturated heterocycles. The lowest BCUT2D eigenvalue weighted by molar-refractivity contribution is -0.122. The summed E-state index contributed by atoms with van der Waals surface area (Å²) in [6.45, 7) is 1.87. The summed E-state index contributed by atoms with van der Waals surface area (Å²) in [5.41, 5.74) is 1.72. The van der Waals surface area contributed by atoms with Gasteiger partial charge in [-0.3, -0.25) is 4.79 Å². The monoisotopic (exact) mass is 387 g/mol. The van der Waals surface area contributed by atoms with E-state index in [-0.39, 0.29) is 23.9 Å². The average molecular weight is 387 g/mol. The number of nitrogens with one attached hydrogen (secondary N) is 3. The molecule has 1 aliphatic carbocycles. The Morgan fingerprint density at radius 3 is 2.61 bits per heavy atom. The van der Waals surface area contributed by atoms with E-state index in [4.69, 9.17) is 0 Å². The van der Waals surface area contributed by atoms with Crippen molar-refractivity contribution in [2.75, 3.05) is 5.32 Å². The smallest absolute Gasteiger partial charge is 0.315 e. The molecule has 0 radical (unpaired) electrons. The maximum atomic E-state index is 13.8. The van der Waals surface area contributed by atoms with Crippen molar-refractivity contribution in [3.05, 3.63) is 65.2 Å². The Bertz CT molecular complexity index is 868. The van der Waals surface area contributed by atoms with Gasteiger partial charge in [-0.2, -0.15) is 0 Å². The van der Waals surface area contributed by atoms with Crippen molar-refractivity contribution in [1.82, 2.24) is 10.6 Å². The third-order valence-corrected chi connectivity index (χ3v) is 4.90. The van der Waals surface area contributed by atoms with Gasteiger partial charge in [0.25, 0.3) is 0 Å². The minimum absolute atomic E-state index is 0.0317. The van der Waals surface area contributed by atoms with Gasteiger partial charge in [0.15, 0.2) is 0 Å². The van der Waals surface area contributed by atoms with Gasteiger partial charge in [0.1, 0.15) is 11.6 Å². The average Bonchev–Trinajstić information content (AvgIpc) is 2.58. The summed E-state index contributed by atoms with van der Waals surface area (Å²) in [4.78, 5) is 24.1. The molecule has 1 atom stereocenters. The minimum Gasteiger partial charge on any atom is -0.334 e. The maximum Gasteiger partial charge on any atom is 0.315 e. The van der Waals surface area contributed by atoms with E-state index in [1.54, 1.807) is 19.1 Å². The van der Waals surface area contributed by atoms with Crippen molar-refractivity contribution in [3.63, 3.8) is 0 Å². The van der Waals surface area contributed by atoms with E-state index in [1.165, 1.54) is 6.07 Å². The molecule has 0 heterocycles. The molecule has 3 rings (SSSR count). The molecule has 2 aromatic carbocycles. The van der Waals surface area contributed by atoms with E-state index in [0.29, 0.717) is 5.69 Å². The van der Waals surface area contributed by atoms with Gasteiger partial charge >= 0.3 is 6.03 Å². The number of amides is 3. The molecular weight excluding hydrogens is 364 g/mol. The van der Waals surface area contributed by atoms with Crippen LogP contribution in [0.1, 0.15) is 43.4 Å². The standard InChI is InChI=1S/C21H23F2N3O2/c1-13(18-9-8-16(22)11-19(18)23)25-21(28)24-12-14-4-2-7-17(10-14)26-20(27)15-5-3-6-15/h2,4,7-11,13,15H,3,5-6,12H2,1H3,(H,26,27)(H2,24,25,28). The van der Waals surface area contributed by atoms with E-state index in [2.05, 4.69) is 16.0 Å². The van der Waals surface area contributed by atoms with Crippen molar-refractivity contribution < 1.29 is 18.4 Å². The lowest BCUT2D eigenvalue weighted by Crippen LogP contribution is -2.36. The molecule has 1 unspecified atom stereocenters. The van der Waals surface area contributed by atoms with Crippen LogP contribution in [0.5, 0.6) is 0 Å². The van der Waals surface area contributed by atoms with Crippen LogP contribution in [0.3, 0.4) is 0 Å². The van der Waals surface area contributed by atoms with E-state index in [9.17, 15) is 18.4 Å². The van der Waals surface area contributed by atoms with Gasteiger partial charge in [0.05, 0.1) is 6.04 Å². The number of benzene rings is 2. The molecular formula is C21H23F2N3O2. The predicted octanol–water partition coefficient (Wildman–Crippen LogP) is 4.26. The van der Waals surface area contributed by atoms with E-state index in [1.807, 2.05) is 12.1 Å². The zero-order chi connectivity index (χ0) is 20.1. The molecule has 7 heteroatoms. The van der Waals surface area contributed by atoms with Crippen LogP contribution in [0, 0.1) is 17.6 Å². The lowest BCUT2D eigenvalue weighted by Gasteiger charge is -2.24. The molecule has 1 aliphatic rings. The lowest BCUT2D eigenvalue weighted by atomic mass is 9.85. The molecule has 0 bridgehead atoms. The quantitative estimate of drug-likeness (QED) is 0.693. The normalized spacial score (nSPS) is 14.7. The van der Waals surface area contributed by atoms with E-state index in [0.717, 1.165) is 37.0 Å². The van der Waals surface area contributed by atoms with Crippen LogP contribution in [-0.2, 0) is 11.3 Å². The molecule has 1 fully saturated rings. The Morgan fingerprint density at radius 1 is 1.14 bits per heavy atom. The van der Waals surface area contributed by atoms with Crippen molar-refractivity contribution in [1.29, 1.82) is 0 Å². The number of anilines is 1. The molecule has 5 nitrogen and oxygen atoms in total. The van der Waals surface area contributed by atoms with Crippen LogP contribution in [0.25, 0.3) is 0 Å². The highest BCUT2D eigenvalue weighted by Gasteiger charge is 2.25. The number of rotatable bonds is 6. The second kappa shape index (κ2) is 8.82. The topological polar surface area (TPSA) is 70.2 Å². The van der Waals surface area contributed by atoms with Gasteiger partial charge in [0, 0.05) is 29.8 Å². The zero-order valence-corrected chi connectivity index (χ0v) is 15.6. The summed E-state index contributed by atoms with van der Waals surface area (Å²) in [5, 5.41) is 8.22.